The molecule has 9 nitrogen and oxygen atoms in total. The fourth-order valence-corrected chi connectivity index (χ4v) is 3.62. The molecule has 0 spiro atoms. The zero-order valence-electron chi connectivity index (χ0n) is 16.2. The topological polar surface area (TPSA) is 123 Å². The monoisotopic (exact) mass is 397 g/mol. The second kappa shape index (κ2) is 8.73. The molecule has 0 bridgehead atoms. The molecule has 0 saturated carbocycles. The van der Waals surface area contributed by atoms with Gasteiger partial charge in [-0.1, -0.05) is 0 Å². The molecule has 0 aliphatic carbocycles. The largest absolute Gasteiger partial charge is 0.354 e. The molecule has 0 radical (unpaired) electrons. The van der Waals surface area contributed by atoms with E-state index in [-0.39, 0.29) is 30.8 Å². The summed E-state index contributed by atoms with van der Waals surface area (Å²) in [6.45, 7) is 2.53. The Kier molecular flexibility index (Phi) is 6.12. The first-order valence-electron chi connectivity index (χ1n) is 9.55. The van der Waals surface area contributed by atoms with Gasteiger partial charge < -0.3 is 20.4 Å². The van der Waals surface area contributed by atoms with Crippen molar-refractivity contribution >= 4 is 23.6 Å². The maximum absolute atomic E-state index is 12.9. The van der Waals surface area contributed by atoms with Gasteiger partial charge in [0.25, 0.3) is 5.91 Å². The molecule has 4 amide bonds. The molecular weight excluding hydrogens is 374 g/mol. The van der Waals surface area contributed by atoms with Crippen LogP contribution in [0.4, 0.5) is 0 Å². The van der Waals surface area contributed by atoms with Gasteiger partial charge in [-0.05, 0) is 37.1 Å². The van der Waals surface area contributed by atoms with Crippen molar-refractivity contribution in [3.8, 4) is 6.07 Å². The smallest absolute Gasteiger partial charge is 0.253 e. The molecule has 2 N–H and O–H groups in total. The first kappa shape index (κ1) is 20.3. The van der Waals surface area contributed by atoms with E-state index >= 15 is 0 Å². The van der Waals surface area contributed by atoms with Crippen LogP contribution in [0, 0.1) is 11.3 Å². The summed E-state index contributed by atoms with van der Waals surface area (Å²) in [5.41, 5.74) is 0.858. The van der Waals surface area contributed by atoms with Crippen LogP contribution < -0.4 is 10.6 Å². The maximum atomic E-state index is 12.9. The van der Waals surface area contributed by atoms with Crippen LogP contribution in [0.3, 0.4) is 0 Å². The summed E-state index contributed by atoms with van der Waals surface area (Å²) in [7, 11) is 0. The number of nitrogens with zero attached hydrogens (tertiary/aromatic N) is 3. The minimum atomic E-state index is -0.863. The molecule has 2 unspecified atom stereocenters. The van der Waals surface area contributed by atoms with E-state index in [0.717, 1.165) is 6.42 Å². The van der Waals surface area contributed by atoms with Gasteiger partial charge in [-0.3, -0.25) is 19.2 Å². The molecule has 2 saturated heterocycles. The van der Waals surface area contributed by atoms with Crippen molar-refractivity contribution in [3.63, 3.8) is 0 Å². The van der Waals surface area contributed by atoms with Crippen molar-refractivity contribution in [2.24, 2.45) is 0 Å². The Labute approximate surface area is 168 Å². The first-order valence-corrected chi connectivity index (χ1v) is 9.55. The Bertz CT molecular complexity index is 861. The maximum Gasteiger partial charge on any atom is 0.253 e. The van der Waals surface area contributed by atoms with Gasteiger partial charge in [0.2, 0.25) is 17.7 Å². The van der Waals surface area contributed by atoms with Crippen molar-refractivity contribution < 1.29 is 19.2 Å². The molecular formula is C20H23N5O4. The normalized spacial score (nSPS) is 21.7. The molecule has 1 aromatic rings. The number of rotatable bonds is 3. The van der Waals surface area contributed by atoms with Crippen LogP contribution in [0.25, 0.3) is 0 Å². The summed E-state index contributed by atoms with van der Waals surface area (Å²) >= 11 is 0. The highest BCUT2D eigenvalue weighted by molar-refractivity contribution is 5.96. The average Bonchev–Trinajstić information content (AvgIpc) is 2.74. The molecule has 0 aromatic heterocycles. The molecule has 29 heavy (non-hydrogen) atoms. The molecule has 2 atom stereocenters. The molecule has 152 valence electrons. The third-order valence-electron chi connectivity index (χ3n) is 5.24. The van der Waals surface area contributed by atoms with E-state index in [2.05, 4.69) is 10.6 Å². The standard InChI is InChI=1S/C20H23N5O4/c1-13(26)25-10-9-24(20(29)15-6-4-14(11-21)5-7-15)12-17(25)19(28)23-16-3-2-8-22-18(16)27/h4-7,16-17H,2-3,8-10,12H2,1H3,(H,22,27)(H,23,28). The Morgan fingerprint density at radius 2 is 1.93 bits per heavy atom. The quantitative estimate of drug-likeness (QED) is 0.720. The second-order valence-electron chi connectivity index (χ2n) is 7.16. The highest BCUT2D eigenvalue weighted by Crippen LogP contribution is 2.16. The van der Waals surface area contributed by atoms with Crippen LogP contribution in [0.2, 0.25) is 0 Å². The van der Waals surface area contributed by atoms with Crippen molar-refractivity contribution in [1.29, 1.82) is 5.26 Å². The number of piperidine rings is 1. The van der Waals surface area contributed by atoms with E-state index in [1.807, 2.05) is 6.07 Å². The van der Waals surface area contributed by atoms with E-state index in [1.165, 1.54) is 16.7 Å². The summed E-state index contributed by atoms with van der Waals surface area (Å²) in [5.74, 6) is -1.21. The molecule has 2 aliphatic heterocycles. The number of hydrogen-bond acceptors (Lipinski definition) is 5. The van der Waals surface area contributed by atoms with Crippen LogP contribution >= 0.6 is 0 Å². The third-order valence-corrected chi connectivity index (χ3v) is 5.24. The first-order chi connectivity index (χ1) is 13.9. The lowest BCUT2D eigenvalue weighted by atomic mass is 10.0. The number of carbonyl (C=O) groups excluding carboxylic acids is 4. The molecule has 2 aliphatic rings. The van der Waals surface area contributed by atoms with Gasteiger partial charge >= 0.3 is 0 Å². The second-order valence-corrected chi connectivity index (χ2v) is 7.16. The summed E-state index contributed by atoms with van der Waals surface area (Å²) in [4.78, 5) is 52.6. The number of hydrogen-bond donors (Lipinski definition) is 2. The number of nitrogens with one attached hydrogen (secondary N) is 2. The predicted octanol–water partition coefficient (Wildman–Crippen LogP) is -0.374. The lowest BCUT2D eigenvalue weighted by Gasteiger charge is -2.40. The van der Waals surface area contributed by atoms with E-state index < -0.39 is 18.0 Å². The summed E-state index contributed by atoms with van der Waals surface area (Å²) in [6, 6.07) is 6.77. The molecule has 2 fully saturated rings. The summed E-state index contributed by atoms with van der Waals surface area (Å²) in [5, 5.41) is 14.3. The number of carbonyl (C=O) groups is 4. The van der Waals surface area contributed by atoms with Gasteiger partial charge in [0.15, 0.2) is 0 Å². The van der Waals surface area contributed by atoms with Crippen molar-refractivity contribution in [3.05, 3.63) is 35.4 Å². The van der Waals surface area contributed by atoms with Gasteiger partial charge in [0, 0.05) is 32.1 Å². The van der Waals surface area contributed by atoms with Crippen LogP contribution in [-0.4, -0.2) is 71.7 Å². The van der Waals surface area contributed by atoms with Crippen LogP contribution in [0.1, 0.15) is 35.7 Å². The molecule has 9 heteroatoms. The third kappa shape index (κ3) is 4.54. The fraction of sp³-hybridized carbons (Fsp3) is 0.450. The zero-order chi connectivity index (χ0) is 21.0. The van der Waals surface area contributed by atoms with Crippen LogP contribution in [0.15, 0.2) is 24.3 Å². The van der Waals surface area contributed by atoms with Crippen molar-refractivity contribution in [2.45, 2.75) is 31.8 Å². The highest BCUT2D eigenvalue weighted by atomic mass is 16.2. The Balaban J connectivity index is 1.73. The lowest BCUT2D eigenvalue weighted by Crippen LogP contribution is -2.63. The lowest BCUT2D eigenvalue weighted by molar-refractivity contribution is -0.143. The van der Waals surface area contributed by atoms with Crippen LogP contribution in [0.5, 0.6) is 0 Å². The Morgan fingerprint density at radius 1 is 1.21 bits per heavy atom. The number of amides is 4. The Hall–Kier alpha value is -3.41. The van der Waals surface area contributed by atoms with E-state index in [4.69, 9.17) is 5.26 Å². The number of piperazine rings is 1. The van der Waals surface area contributed by atoms with Gasteiger partial charge in [-0.25, -0.2) is 0 Å². The molecule has 3 rings (SSSR count). The minimum absolute atomic E-state index is 0.0403. The summed E-state index contributed by atoms with van der Waals surface area (Å²) in [6.07, 6.45) is 1.30. The number of benzene rings is 1. The van der Waals surface area contributed by atoms with Crippen molar-refractivity contribution in [2.75, 3.05) is 26.2 Å². The SMILES string of the molecule is CC(=O)N1CCN(C(=O)c2ccc(C#N)cc2)CC1C(=O)NC1CCCNC1=O. The Morgan fingerprint density at radius 3 is 2.55 bits per heavy atom. The van der Waals surface area contributed by atoms with Gasteiger partial charge in [-0.15, -0.1) is 0 Å². The van der Waals surface area contributed by atoms with E-state index in [9.17, 15) is 19.2 Å². The highest BCUT2D eigenvalue weighted by Gasteiger charge is 2.37. The van der Waals surface area contributed by atoms with Gasteiger partial charge in [0.1, 0.15) is 12.1 Å². The van der Waals surface area contributed by atoms with E-state index in [1.54, 1.807) is 24.3 Å². The van der Waals surface area contributed by atoms with Crippen molar-refractivity contribution in [1.82, 2.24) is 20.4 Å². The molecule has 1 aromatic carbocycles. The van der Waals surface area contributed by atoms with E-state index in [0.29, 0.717) is 30.6 Å². The average molecular weight is 397 g/mol. The van der Waals surface area contributed by atoms with Crippen LogP contribution in [-0.2, 0) is 14.4 Å². The fourth-order valence-electron chi connectivity index (χ4n) is 3.62. The van der Waals surface area contributed by atoms with Gasteiger partial charge in [0.05, 0.1) is 18.2 Å². The zero-order valence-corrected chi connectivity index (χ0v) is 16.2. The molecule has 2 heterocycles. The number of nitriles is 1. The summed E-state index contributed by atoms with van der Waals surface area (Å²) < 4.78 is 0. The van der Waals surface area contributed by atoms with Gasteiger partial charge in [-0.2, -0.15) is 5.26 Å². The predicted molar refractivity (Wildman–Crippen MR) is 102 cm³/mol. The minimum Gasteiger partial charge on any atom is -0.354 e.